The van der Waals surface area contributed by atoms with Crippen molar-refractivity contribution in [3.05, 3.63) is 29.8 Å². The summed E-state index contributed by atoms with van der Waals surface area (Å²) in [6.45, 7) is 7.27. The zero-order chi connectivity index (χ0) is 21.9. The van der Waals surface area contributed by atoms with E-state index in [1.54, 1.807) is 0 Å². The van der Waals surface area contributed by atoms with Crippen molar-refractivity contribution >= 4 is 15.9 Å². The van der Waals surface area contributed by atoms with E-state index in [1.165, 1.54) is 10.7 Å². The SMILES string of the molecule is CC1(C)[C@@H]2CC[C@]1(C)[C@H](NC(=O)C1CCN(S(=O)(=O)c3ccc(F)c(F)c3)CC1)C2. The van der Waals surface area contributed by atoms with Crippen molar-refractivity contribution in [2.24, 2.45) is 22.7 Å². The third kappa shape index (κ3) is 3.27. The molecule has 1 amide bonds. The molecule has 3 aliphatic rings. The van der Waals surface area contributed by atoms with Gasteiger partial charge in [0.15, 0.2) is 11.6 Å². The lowest BCUT2D eigenvalue weighted by Crippen LogP contribution is -2.50. The van der Waals surface area contributed by atoms with Gasteiger partial charge in [-0.1, -0.05) is 20.8 Å². The Balaban J connectivity index is 1.38. The lowest BCUT2D eigenvalue weighted by molar-refractivity contribution is -0.127. The molecule has 1 aliphatic heterocycles. The molecule has 1 saturated heterocycles. The highest BCUT2D eigenvalue weighted by Gasteiger charge is 2.61. The van der Waals surface area contributed by atoms with Crippen LogP contribution in [0.3, 0.4) is 0 Å². The monoisotopic (exact) mass is 440 g/mol. The number of carbonyl (C=O) groups is 1. The quantitative estimate of drug-likeness (QED) is 0.777. The maximum atomic E-state index is 13.5. The van der Waals surface area contributed by atoms with Crippen molar-refractivity contribution in [1.82, 2.24) is 9.62 Å². The fourth-order valence-corrected chi connectivity index (χ4v) is 7.34. The van der Waals surface area contributed by atoms with Gasteiger partial charge in [0, 0.05) is 25.0 Å². The maximum absolute atomic E-state index is 13.5. The van der Waals surface area contributed by atoms with Crippen LogP contribution in [0.15, 0.2) is 23.1 Å². The molecule has 0 spiro atoms. The minimum absolute atomic E-state index is 0.00875. The van der Waals surface area contributed by atoms with Crippen LogP contribution in [0.4, 0.5) is 8.78 Å². The smallest absolute Gasteiger partial charge is 0.243 e. The van der Waals surface area contributed by atoms with Crippen LogP contribution in [-0.4, -0.2) is 37.8 Å². The van der Waals surface area contributed by atoms with E-state index in [0.29, 0.717) is 24.8 Å². The van der Waals surface area contributed by atoms with Gasteiger partial charge in [-0.2, -0.15) is 4.31 Å². The number of rotatable bonds is 4. The summed E-state index contributed by atoms with van der Waals surface area (Å²) in [6, 6.07) is 2.77. The molecule has 1 aromatic carbocycles. The number of carbonyl (C=O) groups excluding carboxylic acids is 1. The predicted molar refractivity (Wildman–Crippen MR) is 109 cm³/mol. The molecule has 3 atom stereocenters. The van der Waals surface area contributed by atoms with Crippen molar-refractivity contribution in [3.8, 4) is 0 Å². The molecule has 4 rings (SSSR count). The molecule has 166 valence electrons. The van der Waals surface area contributed by atoms with Gasteiger partial charge < -0.3 is 5.32 Å². The van der Waals surface area contributed by atoms with Crippen LogP contribution in [0.5, 0.6) is 0 Å². The van der Waals surface area contributed by atoms with Gasteiger partial charge in [-0.3, -0.25) is 4.79 Å². The normalized spacial score (nSPS) is 31.8. The van der Waals surface area contributed by atoms with Crippen LogP contribution in [0, 0.1) is 34.3 Å². The van der Waals surface area contributed by atoms with Crippen molar-refractivity contribution in [2.45, 2.75) is 63.8 Å². The maximum Gasteiger partial charge on any atom is 0.243 e. The Kier molecular flexibility index (Phi) is 5.25. The molecule has 1 N–H and O–H groups in total. The summed E-state index contributed by atoms with van der Waals surface area (Å²) < 4.78 is 53.4. The number of amides is 1. The van der Waals surface area contributed by atoms with E-state index in [-0.39, 0.29) is 46.7 Å². The molecule has 0 aromatic heterocycles. The number of benzene rings is 1. The number of halogens is 2. The third-order valence-corrected chi connectivity index (χ3v) is 10.4. The van der Waals surface area contributed by atoms with E-state index in [9.17, 15) is 22.0 Å². The molecule has 8 heteroatoms. The molecular weight excluding hydrogens is 410 g/mol. The summed E-state index contributed by atoms with van der Waals surface area (Å²) in [5, 5.41) is 3.28. The van der Waals surface area contributed by atoms with E-state index >= 15 is 0 Å². The minimum atomic E-state index is -3.91. The fraction of sp³-hybridized carbons (Fsp3) is 0.682. The van der Waals surface area contributed by atoms with Gasteiger partial charge >= 0.3 is 0 Å². The van der Waals surface area contributed by atoms with Gasteiger partial charge in [0.05, 0.1) is 4.90 Å². The Morgan fingerprint density at radius 1 is 1.10 bits per heavy atom. The summed E-state index contributed by atoms with van der Waals surface area (Å²) in [5.74, 6) is -1.85. The van der Waals surface area contributed by atoms with Crippen molar-refractivity contribution in [2.75, 3.05) is 13.1 Å². The fourth-order valence-electron chi connectivity index (χ4n) is 5.86. The zero-order valence-electron chi connectivity index (χ0n) is 17.7. The summed E-state index contributed by atoms with van der Waals surface area (Å²) in [7, 11) is -3.91. The van der Waals surface area contributed by atoms with E-state index in [1.807, 2.05) is 0 Å². The molecule has 3 fully saturated rings. The number of hydrogen-bond donors (Lipinski definition) is 1. The summed E-state index contributed by atoms with van der Waals surface area (Å²) >= 11 is 0. The van der Waals surface area contributed by atoms with Crippen LogP contribution < -0.4 is 5.32 Å². The molecule has 1 heterocycles. The molecule has 0 radical (unpaired) electrons. The predicted octanol–water partition coefficient (Wildman–Crippen LogP) is 3.70. The van der Waals surface area contributed by atoms with Gasteiger partial charge in [0.2, 0.25) is 15.9 Å². The first kappa shape index (κ1) is 21.7. The van der Waals surface area contributed by atoms with E-state index in [0.717, 1.165) is 25.0 Å². The first-order chi connectivity index (χ1) is 14.0. The lowest BCUT2D eigenvalue weighted by Gasteiger charge is -2.40. The highest BCUT2D eigenvalue weighted by Crippen LogP contribution is 2.65. The van der Waals surface area contributed by atoms with Crippen LogP contribution in [-0.2, 0) is 14.8 Å². The Hall–Kier alpha value is -1.54. The number of sulfonamides is 1. The second kappa shape index (κ2) is 7.26. The lowest BCUT2D eigenvalue weighted by atomic mass is 9.69. The Morgan fingerprint density at radius 2 is 1.77 bits per heavy atom. The van der Waals surface area contributed by atoms with Crippen LogP contribution in [0.2, 0.25) is 0 Å². The number of hydrogen-bond acceptors (Lipinski definition) is 3. The molecule has 0 unspecified atom stereocenters. The first-order valence-corrected chi connectivity index (χ1v) is 12.2. The van der Waals surface area contributed by atoms with Gasteiger partial charge in [-0.15, -0.1) is 0 Å². The van der Waals surface area contributed by atoms with Crippen LogP contribution in [0.1, 0.15) is 52.9 Å². The third-order valence-electron chi connectivity index (χ3n) is 8.46. The van der Waals surface area contributed by atoms with E-state index in [4.69, 9.17) is 0 Å². The van der Waals surface area contributed by atoms with Gasteiger partial charge in [0.25, 0.3) is 0 Å². The summed E-state index contributed by atoms with van der Waals surface area (Å²) in [4.78, 5) is 12.7. The molecule has 2 aliphatic carbocycles. The molecule has 1 aromatic rings. The highest BCUT2D eigenvalue weighted by atomic mass is 32.2. The largest absolute Gasteiger partial charge is 0.353 e. The van der Waals surface area contributed by atoms with Crippen molar-refractivity contribution in [1.29, 1.82) is 0 Å². The van der Waals surface area contributed by atoms with Crippen LogP contribution >= 0.6 is 0 Å². The molecular formula is C22H30F2N2O3S. The minimum Gasteiger partial charge on any atom is -0.353 e. The average molecular weight is 441 g/mol. The number of fused-ring (bicyclic) bond motifs is 2. The second-order valence-electron chi connectivity index (χ2n) is 9.93. The van der Waals surface area contributed by atoms with Crippen molar-refractivity contribution < 1.29 is 22.0 Å². The van der Waals surface area contributed by atoms with E-state index in [2.05, 4.69) is 26.1 Å². The molecule has 30 heavy (non-hydrogen) atoms. The highest BCUT2D eigenvalue weighted by molar-refractivity contribution is 7.89. The average Bonchev–Trinajstić information content (AvgIpc) is 3.03. The zero-order valence-corrected chi connectivity index (χ0v) is 18.6. The topological polar surface area (TPSA) is 66.5 Å². The Morgan fingerprint density at radius 3 is 2.30 bits per heavy atom. The molecule has 5 nitrogen and oxygen atoms in total. The van der Waals surface area contributed by atoms with Crippen molar-refractivity contribution in [3.63, 3.8) is 0 Å². The summed E-state index contributed by atoms with van der Waals surface area (Å²) in [5.41, 5.74) is 0.316. The standard InChI is InChI=1S/C22H30F2N2O3S/c1-21(2)15-6-9-22(21,3)19(12-15)25-20(27)14-7-10-26(11-8-14)30(28,29)16-4-5-17(23)18(24)13-16/h4-5,13-15,19H,6-12H2,1-3H3,(H,25,27)/t15-,19-,22-/m1/s1. The second-order valence-corrected chi connectivity index (χ2v) is 11.9. The van der Waals surface area contributed by atoms with Gasteiger partial charge in [-0.05, 0) is 67.1 Å². The molecule has 2 saturated carbocycles. The number of nitrogens with zero attached hydrogens (tertiary/aromatic N) is 1. The van der Waals surface area contributed by atoms with Crippen LogP contribution in [0.25, 0.3) is 0 Å². The number of piperidine rings is 1. The van der Waals surface area contributed by atoms with Gasteiger partial charge in [0.1, 0.15) is 0 Å². The Bertz CT molecular complexity index is 957. The first-order valence-electron chi connectivity index (χ1n) is 10.7. The molecule has 2 bridgehead atoms. The number of nitrogens with one attached hydrogen (secondary N) is 1. The van der Waals surface area contributed by atoms with E-state index < -0.39 is 21.7 Å². The Labute approximate surface area is 177 Å². The van der Waals surface area contributed by atoms with Gasteiger partial charge in [-0.25, -0.2) is 17.2 Å². The summed E-state index contributed by atoms with van der Waals surface area (Å²) in [6.07, 6.45) is 4.20.